The summed E-state index contributed by atoms with van der Waals surface area (Å²) in [6, 6.07) is 5.31. The SMILES string of the molecule is O=C(C[C@H]1CCCN1)Nc1ncc(Cc2ccc(C(F)(F)F)cc2)s1. The van der Waals surface area contributed by atoms with E-state index >= 15 is 0 Å². The van der Waals surface area contributed by atoms with E-state index in [0.29, 0.717) is 18.0 Å². The van der Waals surface area contributed by atoms with Crippen LogP contribution in [0, 0.1) is 0 Å². The molecule has 2 aromatic rings. The lowest BCUT2D eigenvalue weighted by atomic mass is 10.1. The van der Waals surface area contributed by atoms with E-state index in [1.807, 2.05) is 0 Å². The molecule has 1 saturated heterocycles. The molecule has 1 aliphatic heterocycles. The monoisotopic (exact) mass is 369 g/mol. The zero-order valence-electron chi connectivity index (χ0n) is 13.4. The average Bonchev–Trinajstić information content (AvgIpc) is 3.19. The van der Waals surface area contributed by atoms with E-state index in [1.165, 1.54) is 23.5 Å². The van der Waals surface area contributed by atoms with Gasteiger partial charge in [-0.15, -0.1) is 11.3 Å². The Labute approximate surface area is 147 Å². The molecule has 1 aromatic carbocycles. The molecule has 0 spiro atoms. The maximum Gasteiger partial charge on any atom is 0.416 e. The number of carbonyl (C=O) groups excluding carboxylic acids is 1. The Bertz CT molecular complexity index is 721. The number of hydrogen-bond donors (Lipinski definition) is 2. The van der Waals surface area contributed by atoms with E-state index in [2.05, 4.69) is 15.6 Å². The van der Waals surface area contributed by atoms with Crippen LogP contribution in [0.25, 0.3) is 0 Å². The Morgan fingerprint density at radius 2 is 2.08 bits per heavy atom. The maximum atomic E-state index is 12.6. The molecule has 1 atom stereocenters. The predicted octanol–water partition coefficient (Wildman–Crippen LogP) is 3.83. The first-order valence-corrected chi connectivity index (χ1v) is 8.86. The van der Waals surface area contributed by atoms with Crippen molar-refractivity contribution in [2.75, 3.05) is 11.9 Å². The number of nitrogens with zero attached hydrogens (tertiary/aromatic N) is 1. The molecule has 0 saturated carbocycles. The van der Waals surface area contributed by atoms with Gasteiger partial charge in [0.05, 0.1) is 5.56 Å². The van der Waals surface area contributed by atoms with Gasteiger partial charge in [-0.3, -0.25) is 4.79 Å². The molecule has 1 aliphatic rings. The smallest absolute Gasteiger partial charge is 0.313 e. The molecule has 1 fully saturated rings. The van der Waals surface area contributed by atoms with Crippen LogP contribution in [0.3, 0.4) is 0 Å². The number of rotatable bonds is 5. The highest BCUT2D eigenvalue weighted by Crippen LogP contribution is 2.30. The second-order valence-corrected chi connectivity index (χ2v) is 7.16. The summed E-state index contributed by atoms with van der Waals surface area (Å²) in [4.78, 5) is 17.0. The molecular weight excluding hydrogens is 351 g/mol. The van der Waals surface area contributed by atoms with Crippen molar-refractivity contribution >= 4 is 22.4 Å². The highest BCUT2D eigenvalue weighted by Gasteiger charge is 2.29. The third-order valence-corrected chi connectivity index (χ3v) is 4.97. The Morgan fingerprint density at radius 1 is 1.32 bits per heavy atom. The fraction of sp³-hybridized carbons (Fsp3) is 0.412. The Morgan fingerprint density at radius 3 is 2.72 bits per heavy atom. The van der Waals surface area contributed by atoms with Crippen LogP contribution in [0.4, 0.5) is 18.3 Å². The molecule has 2 N–H and O–H groups in total. The summed E-state index contributed by atoms with van der Waals surface area (Å²) in [6.45, 7) is 0.951. The highest BCUT2D eigenvalue weighted by atomic mass is 32.1. The van der Waals surface area contributed by atoms with E-state index in [9.17, 15) is 18.0 Å². The summed E-state index contributed by atoms with van der Waals surface area (Å²) in [5.74, 6) is -0.0742. The van der Waals surface area contributed by atoms with Crippen LogP contribution in [-0.4, -0.2) is 23.5 Å². The second-order valence-electron chi connectivity index (χ2n) is 6.05. The predicted molar refractivity (Wildman–Crippen MR) is 90.6 cm³/mol. The van der Waals surface area contributed by atoms with Gasteiger partial charge in [0.25, 0.3) is 0 Å². The van der Waals surface area contributed by atoms with Crippen molar-refractivity contribution in [3.05, 3.63) is 46.5 Å². The molecular formula is C17H18F3N3OS. The van der Waals surface area contributed by atoms with Crippen molar-refractivity contribution in [2.45, 2.75) is 37.9 Å². The van der Waals surface area contributed by atoms with Gasteiger partial charge in [0.2, 0.25) is 5.91 Å². The topological polar surface area (TPSA) is 54.0 Å². The van der Waals surface area contributed by atoms with Gasteiger partial charge in [0.15, 0.2) is 5.13 Å². The molecule has 0 aliphatic carbocycles. The second kappa shape index (κ2) is 7.53. The number of benzene rings is 1. The van der Waals surface area contributed by atoms with Crippen LogP contribution in [0.1, 0.15) is 35.3 Å². The zero-order chi connectivity index (χ0) is 17.9. The maximum absolute atomic E-state index is 12.6. The van der Waals surface area contributed by atoms with E-state index < -0.39 is 11.7 Å². The number of amides is 1. The molecule has 134 valence electrons. The number of carbonyl (C=O) groups is 1. The highest BCUT2D eigenvalue weighted by molar-refractivity contribution is 7.15. The van der Waals surface area contributed by atoms with Crippen molar-refractivity contribution in [3.8, 4) is 0 Å². The number of anilines is 1. The van der Waals surface area contributed by atoms with Crippen molar-refractivity contribution in [2.24, 2.45) is 0 Å². The fourth-order valence-electron chi connectivity index (χ4n) is 2.78. The molecule has 0 unspecified atom stereocenters. The zero-order valence-corrected chi connectivity index (χ0v) is 14.2. The van der Waals surface area contributed by atoms with Crippen molar-refractivity contribution < 1.29 is 18.0 Å². The van der Waals surface area contributed by atoms with Crippen LogP contribution < -0.4 is 10.6 Å². The Kier molecular flexibility index (Phi) is 5.39. The van der Waals surface area contributed by atoms with Crippen LogP contribution in [0.2, 0.25) is 0 Å². The minimum Gasteiger partial charge on any atom is -0.313 e. The van der Waals surface area contributed by atoms with E-state index in [4.69, 9.17) is 0 Å². The normalized spacial score (nSPS) is 17.6. The average molecular weight is 369 g/mol. The third-order valence-electron chi connectivity index (χ3n) is 4.05. The van der Waals surface area contributed by atoms with Crippen LogP contribution in [-0.2, 0) is 17.4 Å². The molecule has 1 amide bonds. The van der Waals surface area contributed by atoms with Crippen LogP contribution >= 0.6 is 11.3 Å². The first-order chi connectivity index (χ1) is 11.9. The van der Waals surface area contributed by atoms with Gasteiger partial charge in [0, 0.05) is 30.0 Å². The van der Waals surface area contributed by atoms with Gasteiger partial charge in [-0.2, -0.15) is 13.2 Å². The van der Waals surface area contributed by atoms with Gasteiger partial charge < -0.3 is 10.6 Å². The summed E-state index contributed by atoms with van der Waals surface area (Å²) in [5.41, 5.74) is 0.110. The third kappa shape index (κ3) is 5.02. The number of alkyl halides is 3. The summed E-state index contributed by atoms with van der Waals surface area (Å²) in [6.07, 6.45) is 0.320. The first kappa shape index (κ1) is 17.9. The molecule has 4 nitrogen and oxygen atoms in total. The molecule has 1 aromatic heterocycles. The molecule has 25 heavy (non-hydrogen) atoms. The number of nitrogens with one attached hydrogen (secondary N) is 2. The Balaban J connectivity index is 1.55. The summed E-state index contributed by atoms with van der Waals surface area (Å²) < 4.78 is 37.7. The van der Waals surface area contributed by atoms with Gasteiger partial charge in [0.1, 0.15) is 0 Å². The van der Waals surface area contributed by atoms with Gasteiger partial charge in [-0.1, -0.05) is 12.1 Å². The Hall–Kier alpha value is -1.93. The van der Waals surface area contributed by atoms with Crippen LogP contribution in [0.5, 0.6) is 0 Å². The summed E-state index contributed by atoms with van der Waals surface area (Å²) in [5, 5.41) is 6.57. The minimum atomic E-state index is -4.32. The number of halogens is 3. The van der Waals surface area contributed by atoms with Gasteiger partial charge in [-0.05, 0) is 37.1 Å². The van der Waals surface area contributed by atoms with Gasteiger partial charge >= 0.3 is 6.18 Å². The largest absolute Gasteiger partial charge is 0.416 e. The lowest BCUT2D eigenvalue weighted by Gasteiger charge is -2.08. The molecule has 3 rings (SSSR count). The molecule has 2 heterocycles. The molecule has 0 radical (unpaired) electrons. The van der Waals surface area contributed by atoms with E-state index in [-0.39, 0.29) is 11.9 Å². The summed E-state index contributed by atoms with van der Waals surface area (Å²) in [7, 11) is 0. The van der Waals surface area contributed by atoms with E-state index in [1.54, 1.807) is 6.20 Å². The van der Waals surface area contributed by atoms with Crippen molar-refractivity contribution in [1.82, 2.24) is 10.3 Å². The summed E-state index contributed by atoms with van der Waals surface area (Å²) >= 11 is 1.34. The van der Waals surface area contributed by atoms with Crippen molar-refractivity contribution in [1.29, 1.82) is 0 Å². The fourth-order valence-corrected chi connectivity index (χ4v) is 3.65. The lowest BCUT2D eigenvalue weighted by Crippen LogP contribution is -2.27. The number of aromatic nitrogens is 1. The lowest BCUT2D eigenvalue weighted by molar-refractivity contribution is -0.137. The van der Waals surface area contributed by atoms with Crippen molar-refractivity contribution in [3.63, 3.8) is 0 Å². The quantitative estimate of drug-likeness (QED) is 0.842. The van der Waals surface area contributed by atoms with Crippen LogP contribution in [0.15, 0.2) is 30.5 Å². The minimum absolute atomic E-state index is 0.0742. The van der Waals surface area contributed by atoms with E-state index in [0.717, 1.165) is 42.0 Å². The van der Waals surface area contributed by atoms with Gasteiger partial charge in [-0.25, -0.2) is 4.98 Å². The number of hydrogen-bond acceptors (Lipinski definition) is 4. The standard InChI is InChI=1S/C17H18F3N3OS/c18-17(19,20)12-5-3-11(4-6-12)8-14-10-22-16(25-14)23-15(24)9-13-2-1-7-21-13/h3-6,10,13,21H,1-2,7-9H2,(H,22,23,24)/t13-/m1/s1. The molecule has 8 heteroatoms. The number of thiazole rings is 1. The first-order valence-electron chi connectivity index (χ1n) is 8.04. The molecule has 0 bridgehead atoms.